The van der Waals surface area contributed by atoms with E-state index in [1.807, 2.05) is 0 Å². The van der Waals surface area contributed by atoms with Crippen molar-refractivity contribution < 1.29 is 24.2 Å². The van der Waals surface area contributed by atoms with Crippen LogP contribution in [-0.2, 0) is 19.4 Å². The summed E-state index contributed by atoms with van der Waals surface area (Å²) >= 11 is 0. The average Bonchev–Trinajstić information content (AvgIpc) is 2.26. The Balaban J connectivity index is 2.52. The fraction of sp³-hybridized carbons (Fsp3) is 0. The molecule has 0 spiro atoms. The van der Waals surface area contributed by atoms with Crippen LogP contribution in [0.1, 0.15) is 10.4 Å². The molecule has 1 aromatic carbocycles. The monoisotopic (exact) mass is 194 g/mol. The number of rotatable bonds is 2. The zero-order valence-corrected chi connectivity index (χ0v) is 7.01. The number of carbonyl (C=O) groups excluding carboxylic acids is 3. The minimum absolute atomic E-state index is 0.0989. The van der Waals surface area contributed by atoms with Crippen LogP contribution in [0.5, 0.6) is 0 Å². The topological polar surface area (TPSA) is 69.7 Å². The molecule has 0 aliphatic rings. The zero-order chi connectivity index (χ0) is 10.4. The Hall–Kier alpha value is -2.17. The Bertz CT molecular complexity index is 343. The summed E-state index contributed by atoms with van der Waals surface area (Å²) in [6.45, 7) is 0. The molecular weight excluding hydrogens is 188 g/mol. The molecule has 0 atom stereocenters. The normalized spacial score (nSPS) is 8.86. The third kappa shape index (κ3) is 2.71. The van der Waals surface area contributed by atoms with Gasteiger partial charge in [0.15, 0.2) is 0 Å². The third-order valence-corrected chi connectivity index (χ3v) is 1.31. The van der Waals surface area contributed by atoms with Crippen molar-refractivity contribution in [2.24, 2.45) is 0 Å². The quantitative estimate of drug-likeness (QED) is 0.297. The number of hydrogen-bond acceptors (Lipinski definition) is 5. The van der Waals surface area contributed by atoms with Gasteiger partial charge >= 0.3 is 11.9 Å². The SMILES string of the molecule is O=CC(=O)OOC(=O)c1ccccc1. The van der Waals surface area contributed by atoms with Crippen molar-refractivity contribution in [3.8, 4) is 0 Å². The van der Waals surface area contributed by atoms with Gasteiger partial charge in [0, 0.05) is 0 Å². The second-order valence-corrected chi connectivity index (χ2v) is 2.26. The van der Waals surface area contributed by atoms with Crippen molar-refractivity contribution in [1.82, 2.24) is 0 Å². The molecule has 0 N–H and O–H groups in total. The molecule has 1 aromatic rings. The van der Waals surface area contributed by atoms with E-state index in [-0.39, 0.29) is 11.8 Å². The average molecular weight is 194 g/mol. The first-order chi connectivity index (χ1) is 6.74. The molecule has 5 nitrogen and oxygen atoms in total. The summed E-state index contributed by atoms with van der Waals surface area (Å²) in [6.07, 6.45) is -0.0989. The van der Waals surface area contributed by atoms with E-state index in [4.69, 9.17) is 0 Å². The molecule has 0 bridgehead atoms. The van der Waals surface area contributed by atoms with Gasteiger partial charge in [-0.15, -0.1) is 0 Å². The lowest BCUT2D eigenvalue weighted by molar-refractivity contribution is -0.230. The molecule has 0 radical (unpaired) electrons. The molecule has 1 rings (SSSR count). The molecule has 5 heteroatoms. The van der Waals surface area contributed by atoms with Crippen LogP contribution in [0.25, 0.3) is 0 Å². The van der Waals surface area contributed by atoms with Gasteiger partial charge in [0.05, 0.1) is 5.56 Å². The van der Waals surface area contributed by atoms with Gasteiger partial charge in [-0.05, 0) is 12.1 Å². The van der Waals surface area contributed by atoms with E-state index in [0.29, 0.717) is 0 Å². The highest BCUT2D eigenvalue weighted by atomic mass is 17.2. The van der Waals surface area contributed by atoms with Crippen LogP contribution in [0.15, 0.2) is 30.3 Å². The number of carbonyl (C=O) groups is 3. The Morgan fingerprint density at radius 3 is 2.29 bits per heavy atom. The third-order valence-electron chi connectivity index (χ3n) is 1.31. The maximum Gasteiger partial charge on any atom is 0.418 e. The van der Waals surface area contributed by atoms with Gasteiger partial charge in [0.25, 0.3) is 0 Å². The number of benzene rings is 1. The van der Waals surface area contributed by atoms with Gasteiger partial charge in [-0.3, -0.25) is 4.79 Å². The minimum Gasteiger partial charge on any atom is -0.290 e. The summed E-state index contributed by atoms with van der Waals surface area (Å²) in [5.74, 6) is -2.09. The van der Waals surface area contributed by atoms with E-state index in [2.05, 4.69) is 9.78 Å². The summed E-state index contributed by atoms with van der Waals surface area (Å²) < 4.78 is 0. The van der Waals surface area contributed by atoms with Crippen molar-refractivity contribution in [1.29, 1.82) is 0 Å². The summed E-state index contributed by atoms with van der Waals surface area (Å²) in [6, 6.07) is 7.93. The highest BCUT2D eigenvalue weighted by Crippen LogP contribution is 2.00. The molecule has 0 saturated carbocycles. The van der Waals surface area contributed by atoms with E-state index in [9.17, 15) is 14.4 Å². The van der Waals surface area contributed by atoms with Gasteiger partial charge in [-0.1, -0.05) is 18.2 Å². The van der Waals surface area contributed by atoms with E-state index in [0.717, 1.165) is 0 Å². The fourth-order valence-corrected chi connectivity index (χ4v) is 0.721. The predicted octanol–water partition coefficient (Wildman–Crippen LogP) is 0.501. The van der Waals surface area contributed by atoms with Crippen molar-refractivity contribution in [2.75, 3.05) is 0 Å². The first kappa shape index (κ1) is 9.91. The van der Waals surface area contributed by atoms with E-state index in [1.54, 1.807) is 18.2 Å². The highest BCUT2D eigenvalue weighted by Gasteiger charge is 2.10. The first-order valence-electron chi connectivity index (χ1n) is 3.67. The van der Waals surface area contributed by atoms with Gasteiger partial charge < -0.3 is 0 Å². The highest BCUT2D eigenvalue weighted by molar-refractivity contribution is 6.20. The van der Waals surface area contributed by atoms with E-state index < -0.39 is 11.9 Å². The van der Waals surface area contributed by atoms with Crippen LogP contribution in [0.2, 0.25) is 0 Å². The Morgan fingerprint density at radius 1 is 1.07 bits per heavy atom. The van der Waals surface area contributed by atoms with Gasteiger partial charge in [0.2, 0.25) is 6.29 Å². The van der Waals surface area contributed by atoms with Crippen LogP contribution in [0, 0.1) is 0 Å². The lowest BCUT2D eigenvalue weighted by atomic mass is 10.2. The number of hydrogen-bond donors (Lipinski definition) is 0. The van der Waals surface area contributed by atoms with Gasteiger partial charge in [0.1, 0.15) is 0 Å². The van der Waals surface area contributed by atoms with Gasteiger partial charge in [-0.25, -0.2) is 19.4 Å². The summed E-state index contributed by atoms with van der Waals surface area (Å²) in [4.78, 5) is 39.0. The summed E-state index contributed by atoms with van der Waals surface area (Å²) in [5.41, 5.74) is 0.228. The van der Waals surface area contributed by atoms with Crippen molar-refractivity contribution in [2.45, 2.75) is 0 Å². The molecule has 0 amide bonds. The second-order valence-electron chi connectivity index (χ2n) is 2.26. The molecule has 14 heavy (non-hydrogen) atoms. The standard InChI is InChI=1S/C9H6O5/c10-6-8(11)13-14-9(12)7-4-2-1-3-5-7/h1-6H. The summed E-state index contributed by atoms with van der Waals surface area (Å²) in [7, 11) is 0. The molecule has 0 aromatic heterocycles. The molecule has 0 aliphatic carbocycles. The van der Waals surface area contributed by atoms with Gasteiger partial charge in [-0.2, -0.15) is 0 Å². The number of aldehydes is 1. The molecule has 0 fully saturated rings. The molecular formula is C9H6O5. The lowest BCUT2D eigenvalue weighted by Crippen LogP contribution is -2.11. The van der Waals surface area contributed by atoms with E-state index >= 15 is 0 Å². The van der Waals surface area contributed by atoms with Crippen LogP contribution in [0.3, 0.4) is 0 Å². The Labute approximate surface area is 79.2 Å². The molecule has 0 saturated heterocycles. The minimum atomic E-state index is -1.26. The predicted molar refractivity (Wildman–Crippen MR) is 44.0 cm³/mol. The largest absolute Gasteiger partial charge is 0.418 e. The lowest BCUT2D eigenvalue weighted by Gasteiger charge is -1.98. The smallest absolute Gasteiger partial charge is 0.290 e. The van der Waals surface area contributed by atoms with Crippen LogP contribution < -0.4 is 0 Å². The first-order valence-corrected chi connectivity index (χ1v) is 3.67. The fourth-order valence-electron chi connectivity index (χ4n) is 0.721. The maximum atomic E-state index is 11.0. The molecule has 0 unspecified atom stereocenters. The Kier molecular flexibility index (Phi) is 3.37. The molecule has 0 heterocycles. The van der Waals surface area contributed by atoms with Crippen LogP contribution in [0.4, 0.5) is 0 Å². The van der Waals surface area contributed by atoms with Crippen molar-refractivity contribution >= 4 is 18.2 Å². The molecule has 0 aliphatic heterocycles. The van der Waals surface area contributed by atoms with Crippen LogP contribution >= 0.6 is 0 Å². The summed E-state index contributed by atoms with van der Waals surface area (Å²) in [5, 5.41) is 0. The van der Waals surface area contributed by atoms with Crippen molar-refractivity contribution in [3.63, 3.8) is 0 Å². The Morgan fingerprint density at radius 2 is 1.71 bits per heavy atom. The van der Waals surface area contributed by atoms with E-state index in [1.165, 1.54) is 12.1 Å². The second kappa shape index (κ2) is 4.76. The zero-order valence-electron chi connectivity index (χ0n) is 7.01. The van der Waals surface area contributed by atoms with Crippen molar-refractivity contribution in [3.05, 3.63) is 35.9 Å². The van der Waals surface area contributed by atoms with Crippen LogP contribution in [-0.4, -0.2) is 18.2 Å². The molecule has 72 valence electrons. The maximum absolute atomic E-state index is 11.0.